The van der Waals surface area contributed by atoms with E-state index in [4.69, 9.17) is 4.74 Å². The molecule has 0 spiro atoms. The third-order valence-electron chi connectivity index (χ3n) is 3.39. The lowest BCUT2D eigenvalue weighted by Gasteiger charge is -2.22. The Morgan fingerprint density at radius 2 is 1.95 bits per heavy atom. The smallest absolute Gasteiger partial charge is 0.263 e. The Hall–Kier alpha value is -1.81. The van der Waals surface area contributed by atoms with Crippen LogP contribution in [0.1, 0.15) is 18.1 Å². The minimum absolute atomic E-state index is 0.0442. The molecule has 0 aliphatic carbocycles. The largest absolute Gasteiger partial charge is 0.481 e. The first kappa shape index (κ1) is 16.6. The van der Waals surface area contributed by atoms with Crippen LogP contribution in [0, 0.1) is 6.92 Å². The second kappa shape index (κ2) is 7.45. The van der Waals surface area contributed by atoms with E-state index in [2.05, 4.69) is 15.9 Å². The standard InChI is InChI=1S/C18H20BrNO2/c1-13-7-6-9-16(11-13)22-14(2)18(21)20(3)12-15-8-4-5-10-17(15)19/h4-11,14H,12H2,1-3H3. The Morgan fingerprint density at radius 1 is 1.23 bits per heavy atom. The number of rotatable bonds is 5. The van der Waals surface area contributed by atoms with Crippen molar-refractivity contribution in [2.45, 2.75) is 26.5 Å². The predicted octanol–water partition coefficient (Wildman–Crippen LogP) is 4.18. The molecule has 0 aliphatic heterocycles. The minimum atomic E-state index is -0.519. The zero-order chi connectivity index (χ0) is 16.1. The van der Waals surface area contributed by atoms with E-state index in [0.29, 0.717) is 6.54 Å². The summed E-state index contributed by atoms with van der Waals surface area (Å²) in [5.74, 6) is 0.674. The Morgan fingerprint density at radius 3 is 2.64 bits per heavy atom. The highest BCUT2D eigenvalue weighted by atomic mass is 79.9. The van der Waals surface area contributed by atoms with Crippen LogP contribution in [0.15, 0.2) is 53.0 Å². The molecule has 1 unspecified atom stereocenters. The Balaban J connectivity index is 1.99. The van der Waals surface area contributed by atoms with Crippen LogP contribution in [-0.2, 0) is 11.3 Å². The molecule has 0 radical (unpaired) electrons. The molecule has 0 saturated heterocycles. The summed E-state index contributed by atoms with van der Waals surface area (Å²) in [6.45, 7) is 4.32. The molecule has 4 heteroatoms. The van der Waals surface area contributed by atoms with Crippen LogP contribution in [0.3, 0.4) is 0 Å². The summed E-state index contributed by atoms with van der Waals surface area (Å²) in [5.41, 5.74) is 2.18. The number of nitrogens with zero attached hydrogens (tertiary/aromatic N) is 1. The zero-order valence-corrected chi connectivity index (χ0v) is 14.6. The van der Waals surface area contributed by atoms with Crippen molar-refractivity contribution < 1.29 is 9.53 Å². The first-order valence-corrected chi connectivity index (χ1v) is 7.98. The quantitative estimate of drug-likeness (QED) is 0.799. The fourth-order valence-corrected chi connectivity index (χ4v) is 2.62. The van der Waals surface area contributed by atoms with Crippen molar-refractivity contribution in [1.82, 2.24) is 4.90 Å². The summed E-state index contributed by atoms with van der Waals surface area (Å²) >= 11 is 3.50. The number of benzene rings is 2. The van der Waals surface area contributed by atoms with Crippen molar-refractivity contribution in [1.29, 1.82) is 0 Å². The van der Waals surface area contributed by atoms with E-state index >= 15 is 0 Å². The van der Waals surface area contributed by atoms with Crippen molar-refractivity contribution in [3.05, 3.63) is 64.1 Å². The maximum atomic E-state index is 12.4. The lowest BCUT2D eigenvalue weighted by Crippen LogP contribution is -2.37. The molecule has 2 rings (SSSR count). The molecule has 0 bridgehead atoms. The molecular formula is C18H20BrNO2. The highest BCUT2D eigenvalue weighted by Crippen LogP contribution is 2.19. The molecular weight excluding hydrogens is 342 g/mol. The maximum Gasteiger partial charge on any atom is 0.263 e. The van der Waals surface area contributed by atoms with Crippen LogP contribution in [0.5, 0.6) is 5.75 Å². The molecule has 0 aromatic heterocycles. The topological polar surface area (TPSA) is 29.5 Å². The Bertz CT molecular complexity index is 657. The fourth-order valence-electron chi connectivity index (χ4n) is 2.21. The van der Waals surface area contributed by atoms with Gasteiger partial charge in [0.25, 0.3) is 5.91 Å². The highest BCUT2D eigenvalue weighted by Gasteiger charge is 2.19. The number of hydrogen-bond donors (Lipinski definition) is 0. The van der Waals surface area contributed by atoms with Crippen molar-refractivity contribution >= 4 is 21.8 Å². The van der Waals surface area contributed by atoms with Crippen LogP contribution < -0.4 is 4.74 Å². The molecule has 0 heterocycles. The van der Waals surface area contributed by atoms with Gasteiger partial charge in [-0.2, -0.15) is 0 Å². The minimum Gasteiger partial charge on any atom is -0.481 e. The van der Waals surface area contributed by atoms with Gasteiger partial charge in [0.2, 0.25) is 0 Å². The summed E-state index contributed by atoms with van der Waals surface area (Å²) in [7, 11) is 1.79. The van der Waals surface area contributed by atoms with E-state index in [-0.39, 0.29) is 5.91 Å². The molecule has 0 fully saturated rings. The summed E-state index contributed by atoms with van der Waals surface area (Å²) in [5, 5.41) is 0. The summed E-state index contributed by atoms with van der Waals surface area (Å²) in [4.78, 5) is 14.1. The highest BCUT2D eigenvalue weighted by molar-refractivity contribution is 9.10. The summed E-state index contributed by atoms with van der Waals surface area (Å²) in [6, 6.07) is 15.6. The number of carbonyl (C=O) groups is 1. The number of likely N-dealkylation sites (N-methyl/N-ethyl adjacent to an activating group) is 1. The molecule has 22 heavy (non-hydrogen) atoms. The van der Waals surface area contributed by atoms with E-state index in [1.807, 2.05) is 55.5 Å². The van der Waals surface area contributed by atoms with Crippen LogP contribution >= 0.6 is 15.9 Å². The number of hydrogen-bond acceptors (Lipinski definition) is 2. The monoisotopic (exact) mass is 361 g/mol. The van der Waals surface area contributed by atoms with E-state index in [0.717, 1.165) is 21.3 Å². The SMILES string of the molecule is Cc1cccc(OC(C)C(=O)N(C)Cc2ccccc2Br)c1. The number of aryl methyl sites for hydroxylation is 1. The first-order chi connectivity index (χ1) is 10.5. The molecule has 2 aromatic carbocycles. The van der Waals surface area contributed by atoms with E-state index in [9.17, 15) is 4.79 Å². The lowest BCUT2D eigenvalue weighted by atomic mass is 10.2. The number of halogens is 1. The molecule has 0 N–H and O–H groups in total. The summed E-state index contributed by atoms with van der Waals surface area (Å²) in [6.07, 6.45) is -0.519. The van der Waals surface area contributed by atoms with Crippen molar-refractivity contribution in [3.8, 4) is 5.75 Å². The van der Waals surface area contributed by atoms with Gasteiger partial charge in [-0.3, -0.25) is 4.79 Å². The van der Waals surface area contributed by atoms with Gasteiger partial charge in [-0.1, -0.05) is 46.3 Å². The predicted molar refractivity (Wildman–Crippen MR) is 91.9 cm³/mol. The molecule has 1 amide bonds. The van der Waals surface area contributed by atoms with Gasteiger partial charge in [-0.25, -0.2) is 0 Å². The first-order valence-electron chi connectivity index (χ1n) is 7.19. The zero-order valence-electron chi connectivity index (χ0n) is 13.0. The Kier molecular flexibility index (Phi) is 5.61. The van der Waals surface area contributed by atoms with Crippen molar-refractivity contribution in [3.63, 3.8) is 0 Å². The molecule has 3 nitrogen and oxygen atoms in total. The van der Waals surface area contributed by atoms with Gasteiger partial charge in [0.1, 0.15) is 5.75 Å². The molecule has 116 valence electrons. The second-order valence-electron chi connectivity index (χ2n) is 5.36. The number of carbonyl (C=O) groups excluding carboxylic acids is 1. The number of ether oxygens (including phenoxy) is 1. The average Bonchev–Trinajstić information content (AvgIpc) is 2.48. The third-order valence-corrected chi connectivity index (χ3v) is 4.17. The van der Waals surface area contributed by atoms with Gasteiger partial charge in [-0.05, 0) is 43.2 Å². The summed E-state index contributed by atoms with van der Waals surface area (Å²) < 4.78 is 6.74. The lowest BCUT2D eigenvalue weighted by molar-refractivity contribution is -0.137. The normalized spacial score (nSPS) is 11.8. The third kappa shape index (κ3) is 4.34. The van der Waals surface area contributed by atoms with Crippen LogP contribution in [-0.4, -0.2) is 24.0 Å². The number of amides is 1. The molecule has 1 atom stereocenters. The molecule has 0 aliphatic rings. The van der Waals surface area contributed by atoms with Gasteiger partial charge >= 0.3 is 0 Å². The fraction of sp³-hybridized carbons (Fsp3) is 0.278. The van der Waals surface area contributed by atoms with Gasteiger partial charge in [0, 0.05) is 18.1 Å². The van der Waals surface area contributed by atoms with Crippen molar-refractivity contribution in [2.75, 3.05) is 7.05 Å². The maximum absolute atomic E-state index is 12.4. The van der Waals surface area contributed by atoms with Gasteiger partial charge < -0.3 is 9.64 Å². The van der Waals surface area contributed by atoms with Crippen LogP contribution in [0.25, 0.3) is 0 Å². The van der Waals surface area contributed by atoms with Gasteiger partial charge in [0.15, 0.2) is 6.10 Å². The average molecular weight is 362 g/mol. The van der Waals surface area contributed by atoms with E-state index in [1.165, 1.54) is 0 Å². The Labute approximate surface area is 140 Å². The van der Waals surface area contributed by atoms with Gasteiger partial charge in [-0.15, -0.1) is 0 Å². The second-order valence-corrected chi connectivity index (χ2v) is 6.22. The van der Waals surface area contributed by atoms with Gasteiger partial charge in [0.05, 0.1) is 0 Å². The van der Waals surface area contributed by atoms with Crippen LogP contribution in [0.2, 0.25) is 0 Å². The molecule has 0 saturated carbocycles. The van der Waals surface area contributed by atoms with E-state index < -0.39 is 6.10 Å². The van der Waals surface area contributed by atoms with E-state index in [1.54, 1.807) is 18.9 Å². The van der Waals surface area contributed by atoms with Crippen molar-refractivity contribution in [2.24, 2.45) is 0 Å². The van der Waals surface area contributed by atoms with Crippen LogP contribution in [0.4, 0.5) is 0 Å². The molecule has 2 aromatic rings.